The van der Waals surface area contributed by atoms with Gasteiger partial charge in [-0.2, -0.15) is 0 Å². The van der Waals surface area contributed by atoms with Crippen molar-refractivity contribution >= 4 is 0 Å². The van der Waals surface area contributed by atoms with Crippen LogP contribution in [0.3, 0.4) is 0 Å². The van der Waals surface area contributed by atoms with Gasteiger partial charge < -0.3 is 0 Å². The van der Waals surface area contributed by atoms with Crippen molar-refractivity contribution in [1.29, 1.82) is 0 Å². The second-order valence-electron chi connectivity index (χ2n) is 10.3. The van der Waals surface area contributed by atoms with Crippen LogP contribution in [0.1, 0.15) is 91.9 Å². The van der Waals surface area contributed by atoms with E-state index in [2.05, 4.69) is 27.7 Å². The minimum Gasteiger partial charge on any atom is -0.0648 e. The molecule has 5 aliphatic rings. The van der Waals surface area contributed by atoms with Gasteiger partial charge in [0.15, 0.2) is 0 Å². The summed E-state index contributed by atoms with van der Waals surface area (Å²) in [6.07, 6.45) is 15.4. The summed E-state index contributed by atoms with van der Waals surface area (Å²) < 4.78 is 0. The van der Waals surface area contributed by atoms with Gasteiger partial charge in [-0.25, -0.2) is 0 Å². The maximum Gasteiger partial charge on any atom is -0.0205 e. The van der Waals surface area contributed by atoms with Crippen LogP contribution < -0.4 is 0 Å². The monoisotopic (exact) mass is 301 g/mol. The van der Waals surface area contributed by atoms with Gasteiger partial charge in [-0.1, -0.05) is 27.7 Å². The summed E-state index contributed by atoms with van der Waals surface area (Å²) in [5, 5.41) is 0. The summed E-state index contributed by atoms with van der Waals surface area (Å²) in [6, 6.07) is 0. The number of rotatable bonds is 3. The molecule has 0 aromatic heterocycles. The summed E-state index contributed by atoms with van der Waals surface area (Å²) in [7, 11) is 0. The third-order valence-electron chi connectivity index (χ3n) is 8.73. The second-order valence-corrected chi connectivity index (χ2v) is 10.3. The third kappa shape index (κ3) is 2.22. The Kier molecular flexibility index (Phi) is 3.70. The molecule has 0 nitrogen and oxygen atoms in total. The van der Waals surface area contributed by atoms with E-state index in [-0.39, 0.29) is 0 Å². The molecule has 5 aliphatic carbocycles. The first-order valence-corrected chi connectivity index (χ1v) is 10.3. The molecule has 5 rings (SSSR count). The molecule has 0 spiro atoms. The van der Waals surface area contributed by atoms with Crippen LogP contribution in [-0.2, 0) is 0 Å². The smallest absolute Gasteiger partial charge is 0.0205 e. The largest absolute Gasteiger partial charge is 0.0648 e. The molecule has 0 aliphatic heterocycles. The lowest BCUT2D eigenvalue weighted by Gasteiger charge is -2.65. The van der Waals surface area contributed by atoms with Gasteiger partial charge in [0.2, 0.25) is 0 Å². The summed E-state index contributed by atoms with van der Waals surface area (Å²) in [6.45, 7) is 10.0. The van der Waals surface area contributed by atoms with Crippen molar-refractivity contribution in [2.75, 3.05) is 0 Å². The van der Waals surface area contributed by atoms with Crippen molar-refractivity contribution in [3.63, 3.8) is 0 Å². The minimum absolute atomic E-state index is 0.639. The van der Waals surface area contributed by atoms with Crippen molar-refractivity contribution in [3.05, 3.63) is 5.92 Å². The molecule has 2 unspecified atom stereocenters. The van der Waals surface area contributed by atoms with E-state index in [4.69, 9.17) is 0 Å². The van der Waals surface area contributed by atoms with Gasteiger partial charge >= 0.3 is 0 Å². The highest BCUT2D eigenvalue weighted by Gasteiger charge is 2.59. The minimum atomic E-state index is 0.639. The van der Waals surface area contributed by atoms with Crippen molar-refractivity contribution in [3.8, 4) is 0 Å². The fourth-order valence-corrected chi connectivity index (χ4v) is 7.89. The Morgan fingerprint density at radius 2 is 1.55 bits per heavy atom. The van der Waals surface area contributed by atoms with Gasteiger partial charge in [-0.15, -0.1) is 0 Å². The normalized spacial score (nSPS) is 51.7. The first-order valence-electron chi connectivity index (χ1n) is 10.3. The average molecular weight is 302 g/mol. The predicted octanol–water partition coefficient (Wildman–Crippen LogP) is 6.65. The van der Waals surface area contributed by atoms with E-state index in [1.807, 2.05) is 5.92 Å². The molecule has 0 N–H and O–H groups in total. The van der Waals surface area contributed by atoms with E-state index in [9.17, 15) is 0 Å². The van der Waals surface area contributed by atoms with Crippen LogP contribution in [0.25, 0.3) is 0 Å². The Labute approximate surface area is 138 Å². The van der Waals surface area contributed by atoms with E-state index in [1.165, 1.54) is 25.7 Å². The fourth-order valence-electron chi connectivity index (χ4n) is 7.89. The van der Waals surface area contributed by atoms with Gasteiger partial charge in [-0.05, 0) is 111 Å². The Bertz CT molecular complexity index is 384. The Morgan fingerprint density at radius 3 is 2.00 bits per heavy atom. The SMILES string of the molecule is CC[C]1CC(C)(C23CC4CC(CC(C4)C2)C3)CCC1C(C)C. The molecular formula is C22H37. The molecule has 5 saturated carbocycles. The molecule has 2 atom stereocenters. The first-order chi connectivity index (χ1) is 10.4. The van der Waals surface area contributed by atoms with Crippen LogP contribution in [0, 0.1) is 46.3 Å². The molecule has 22 heavy (non-hydrogen) atoms. The van der Waals surface area contributed by atoms with Crippen molar-refractivity contribution in [2.45, 2.75) is 91.9 Å². The lowest BCUT2D eigenvalue weighted by Crippen LogP contribution is -2.55. The Morgan fingerprint density at radius 1 is 1.00 bits per heavy atom. The van der Waals surface area contributed by atoms with Crippen molar-refractivity contribution < 1.29 is 0 Å². The Hall–Kier alpha value is 0. The maximum atomic E-state index is 2.71. The van der Waals surface area contributed by atoms with Crippen LogP contribution >= 0.6 is 0 Å². The van der Waals surface area contributed by atoms with Crippen molar-refractivity contribution in [1.82, 2.24) is 0 Å². The van der Waals surface area contributed by atoms with Gasteiger partial charge in [0.05, 0.1) is 0 Å². The van der Waals surface area contributed by atoms with Gasteiger partial charge in [0.1, 0.15) is 0 Å². The molecule has 5 fully saturated rings. The molecular weight excluding hydrogens is 264 g/mol. The summed E-state index contributed by atoms with van der Waals surface area (Å²) >= 11 is 0. The standard InChI is InChI=1S/C22H37/c1-5-19-14-21(4,7-6-20(19)15(2)3)22-11-16-8-17(12-22)10-18(9-16)13-22/h15-18,20H,5-14H2,1-4H3. The molecule has 0 amide bonds. The predicted molar refractivity (Wildman–Crippen MR) is 94.4 cm³/mol. The quantitative estimate of drug-likeness (QED) is 0.547. The molecule has 0 aromatic rings. The molecule has 0 aromatic carbocycles. The summed E-state index contributed by atoms with van der Waals surface area (Å²) in [5.41, 5.74) is 1.38. The van der Waals surface area contributed by atoms with Gasteiger partial charge in [0, 0.05) is 0 Å². The zero-order valence-electron chi connectivity index (χ0n) is 15.5. The lowest BCUT2D eigenvalue weighted by atomic mass is 9.40. The summed E-state index contributed by atoms with van der Waals surface area (Å²) in [4.78, 5) is 0. The van der Waals surface area contributed by atoms with Crippen LogP contribution in [0.15, 0.2) is 0 Å². The van der Waals surface area contributed by atoms with Gasteiger partial charge in [0.25, 0.3) is 0 Å². The van der Waals surface area contributed by atoms with Crippen LogP contribution in [0.4, 0.5) is 0 Å². The molecule has 0 saturated heterocycles. The maximum absolute atomic E-state index is 2.71. The van der Waals surface area contributed by atoms with Crippen molar-refractivity contribution in [2.24, 2.45) is 40.4 Å². The van der Waals surface area contributed by atoms with Crippen LogP contribution in [-0.4, -0.2) is 0 Å². The number of hydrogen-bond donors (Lipinski definition) is 0. The fraction of sp³-hybridized carbons (Fsp3) is 0.955. The van der Waals surface area contributed by atoms with E-state index in [0.717, 1.165) is 35.0 Å². The lowest BCUT2D eigenvalue weighted by molar-refractivity contribution is -0.139. The average Bonchev–Trinajstić information content (AvgIpc) is 2.45. The number of hydrogen-bond acceptors (Lipinski definition) is 0. The van der Waals surface area contributed by atoms with Gasteiger partial charge in [-0.3, -0.25) is 0 Å². The highest BCUT2D eigenvalue weighted by atomic mass is 14.6. The van der Waals surface area contributed by atoms with Crippen LogP contribution in [0.5, 0.6) is 0 Å². The second kappa shape index (κ2) is 5.25. The van der Waals surface area contributed by atoms with E-state index in [0.29, 0.717) is 5.41 Å². The molecule has 0 heterocycles. The van der Waals surface area contributed by atoms with E-state index < -0.39 is 0 Å². The first kappa shape index (κ1) is 15.5. The van der Waals surface area contributed by atoms with Crippen LogP contribution in [0.2, 0.25) is 0 Å². The van der Waals surface area contributed by atoms with E-state index >= 15 is 0 Å². The molecule has 4 bridgehead atoms. The topological polar surface area (TPSA) is 0 Å². The zero-order valence-corrected chi connectivity index (χ0v) is 15.5. The summed E-state index contributed by atoms with van der Waals surface area (Å²) in [5.74, 6) is 7.03. The Balaban J connectivity index is 1.59. The van der Waals surface area contributed by atoms with E-state index in [1.54, 1.807) is 38.5 Å². The third-order valence-corrected chi connectivity index (χ3v) is 8.73. The molecule has 125 valence electrons. The molecule has 0 heteroatoms. The molecule has 1 radical (unpaired) electrons. The highest BCUT2D eigenvalue weighted by Crippen LogP contribution is 2.69. The zero-order chi connectivity index (χ0) is 15.5. The highest BCUT2D eigenvalue weighted by molar-refractivity contribution is 5.14.